The molecule has 1 rings (SSSR count). The average molecular weight is 184 g/mol. The molecule has 13 heavy (non-hydrogen) atoms. The van der Waals surface area contributed by atoms with Gasteiger partial charge in [-0.25, -0.2) is 0 Å². The highest BCUT2D eigenvalue weighted by molar-refractivity contribution is 4.78. The van der Waals surface area contributed by atoms with Gasteiger partial charge in [0.25, 0.3) is 0 Å². The van der Waals surface area contributed by atoms with Crippen LogP contribution >= 0.6 is 0 Å². The maximum Gasteiger partial charge on any atom is 0.0218 e. The lowest BCUT2D eigenvalue weighted by atomic mass is 10.1. The summed E-state index contributed by atoms with van der Waals surface area (Å²) in [7, 11) is 2.24. The number of rotatable bonds is 5. The Kier molecular flexibility index (Phi) is 4.74. The van der Waals surface area contributed by atoms with E-state index in [9.17, 15) is 0 Å². The third kappa shape index (κ3) is 3.65. The van der Waals surface area contributed by atoms with Gasteiger partial charge in [0.1, 0.15) is 0 Å². The smallest absolute Gasteiger partial charge is 0.0218 e. The second-order valence-corrected chi connectivity index (χ2v) is 4.45. The van der Waals surface area contributed by atoms with Gasteiger partial charge in [-0.05, 0) is 38.9 Å². The maximum absolute atomic E-state index is 3.57. The molecule has 0 amide bonds. The van der Waals surface area contributed by atoms with E-state index >= 15 is 0 Å². The first kappa shape index (κ1) is 11.0. The molecule has 2 unspecified atom stereocenters. The zero-order chi connectivity index (χ0) is 9.68. The van der Waals surface area contributed by atoms with Crippen molar-refractivity contribution in [2.75, 3.05) is 26.7 Å². The molecule has 1 heterocycles. The molecule has 0 aliphatic carbocycles. The van der Waals surface area contributed by atoms with Gasteiger partial charge in [0.15, 0.2) is 0 Å². The molecule has 2 heteroatoms. The molecule has 1 N–H and O–H groups in total. The predicted molar refractivity (Wildman–Crippen MR) is 58.0 cm³/mol. The highest BCUT2D eigenvalue weighted by Crippen LogP contribution is 2.13. The van der Waals surface area contributed by atoms with Crippen LogP contribution in [0.2, 0.25) is 0 Å². The number of likely N-dealkylation sites (N-methyl/N-ethyl adjacent to an activating group) is 1. The van der Waals surface area contributed by atoms with Crippen molar-refractivity contribution in [3.8, 4) is 0 Å². The monoisotopic (exact) mass is 184 g/mol. The summed E-state index contributed by atoms with van der Waals surface area (Å²) in [6.45, 7) is 8.22. The fourth-order valence-electron chi connectivity index (χ4n) is 1.88. The summed E-state index contributed by atoms with van der Waals surface area (Å²) in [4.78, 5) is 2.48. The number of nitrogens with one attached hydrogen (secondary N) is 1. The molecule has 1 fully saturated rings. The number of hydrogen-bond donors (Lipinski definition) is 1. The quantitative estimate of drug-likeness (QED) is 0.700. The third-order valence-corrected chi connectivity index (χ3v) is 3.24. The van der Waals surface area contributed by atoms with Crippen LogP contribution in [0.15, 0.2) is 0 Å². The van der Waals surface area contributed by atoms with E-state index in [0.717, 1.165) is 12.0 Å². The van der Waals surface area contributed by atoms with Crippen molar-refractivity contribution in [1.29, 1.82) is 0 Å². The van der Waals surface area contributed by atoms with Crippen molar-refractivity contribution in [1.82, 2.24) is 10.2 Å². The lowest BCUT2D eigenvalue weighted by Crippen LogP contribution is -2.36. The second-order valence-electron chi connectivity index (χ2n) is 4.45. The molecule has 1 aliphatic heterocycles. The van der Waals surface area contributed by atoms with E-state index in [2.05, 4.69) is 31.1 Å². The fourth-order valence-corrected chi connectivity index (χ4v) is 1.88. The predicted octanol–water partition coefficient (Wildman–Crippen LogP) is 1.72. The molecular formula is C11H24N2. The highest BCUT2D eigenvalue weighted by Gasteiger charge is 2.19. The molecule has 0 spiro atoms. The third-order valence-electron chi connectivity index (χ3n) is 3.24. The van der Waals surface area contributed by atoms with Gasteiger partial charge >= 0.3 is 0 Å². The van der Waals surface area contributed by atoms with Crippen LogP contribution in [-0.4, -0.2) is 37.6 Å². The lowest BCUT2D eigenvalue weighted by Gasteiger charge is -2.20. The van der Waals surface area contributed by atoms with E-state index in [1.165, 1.54) is 38.9 Å². The highest BCUT2D eigenvalue weighted by atomic mass is 15.2. The molecule has 2 nitrogen and oxygen atoms in total. The summed E-state index contributed by atoms with van der Waals surface area (Å²) < 4.78 is 0. The molecule has 0 bridgehead atoms. The van der Waals surface area contributed by atoms with Gasteiger partial charge in [-0.15, -0.1) is 0 Å². The molecule has 0 aromatic carbocycles. The molecule has 78 valence electrons. The van der Waals surface area contributed by atoms with E-state index in [0.29, 0.717) is 0 Å². The van der Waals surface area contributed by atoms with E-state index in [-0.39, 0.29) is 0 Å². The minimum Gasteiger partial charge on any atom is -0.315 e. The van der Waals surface area contributed by atoms with Crippen LogP contribution in [0.25, 0.3) is 0 Å². The summed E-state index contributed by atoms with van der Waals surface area (Å²) >= 11 is 0. The summed E-state index contributed by atoms with van der Waals surface area (Å²) in [5.74, 6) is 0.826. The molecule has 0 aromatic heterocycles. The maximum atomic E-state index is 3.57. The Labute approximate surface area is 82.7 Å². The van der Waals surface area contributed by atoms with Gasteiger partial charge < -0.3 is 10.2 Å². The van der Waals surface area contributed by atoms with E-state index in [4.69, 9.17) is 0 Å². The lowest BCUT2D eigenvalue weighted by molar-refractivity contribution is 0.296. The molecule has 0 aromatic rings. The van der Waals surface area contributed by atoms with Crippen molar-refractivity contribution in [2.24, 2.45) is 5.92 Å². The number of nitrogens with zero attached hydrogens (tertiary/aromatic N) is 1. The van der Waals surface area contributed by atoms with Gasteiger partial charge in [0.2, 0.25) is 0 Å². The largest absolute Gasteiger partial charge is 0.315 e. The summed E-state index contributed by atoms with van der Waals surface area (Å²) in [6.07, 6.45) is 4.05. The average Bonchev–Trinajstić information content (AvgIpc) is 2.52. The fraction of sp³-hybridized carbons (Fsp3) is 1.00. The van der Waals surface area contributed by atoms with Crippen LogP contribution in [0.4, 0.5) is 0 Å². The molecule has 1 saturated heterocycles. The molecule has 2 atom stereocenters. The van der Waals surface area contributed by atoms with E-state index in [1.54, 1.807) is 0 Å². The van der Waals surface area contributed by atoms with Crippen LogP contribution in [0, 0.1) is 5.92 Å². The van der Waals surface area contributed by atoms with Crippen molar-refractivity contribution < 1.29 is 0 Å². The van der Waals surface area contributed by atoms with Crippen molar-refractivity contribution >= 4 is 0 Å². The second kappa shape index (κ2) is 5.61. The van der Waals surface area contributed by atoms with Crippen molar-refractivity contribution in [3.05, 3.63) is 0 Å². The Balaban J connectivity index is 2.05. The van der Waals surface area contributed by atoms with E-state index < -0.39 is 0 Å². The van der Waals surface area contributed by atoms with Crippen LogP contribution in [0.3, 0.4) is 0 Å². The number of hydrogen-bond acceptors (Lipinski definition) is 2. The Hall–Kier alpha value is -0.0800. The zero-order valence-electron chi connectivity index (χ0n) is 9.34. The SMILES string of the molecule is CCC(C)CNCC1CCCN1C. The summed E-state index contributed by atoms with van der Waals surface area (Å²) in [5.41, 5.74) is 0. The van der Waals surface area contributed by atoms with Crippen LogP contribution in [0.1, 0.15) is 33.1 Å². The zero-order valence-corrected chi connectivity index (χ0v) is 9.34. The first-order valence-electron chi connectivity index (χ1n) is 5.65. The van der Waals surface area contributed by atoms with Gasteiger partial charge in [-0.2, -0.15) is 0 Å². The molecule has 1 aliphatic rings. The first-order chi connectivity index (χ1) is 6.24. The molecule has 0 radical (unpaired) electrons. The summed E-state index contributed by atoms with van der Waals surface area (Å²) in [5, 5.41) is 3.57. The summed E-state index contributed by atoms with van der Waals surface area (Å²) in [6, 6.07) is 0.795. The number of likely N-dealkylation sites (tertiary alicyclic amines) is 1. The van der Waals surface area contributed by atoms with E-state index in [1.807, 2.05) is 0 Å². The minimum absolute atomic E-state index is 0.795. The molecular weight excluding hydrogens is 160 g/mol. The Morgan fingerprint density at radius 3 is 2.85 bits per heavy atom. The van der Waals surface area contributed by atoms with Gasteiger partial charge in [0, 0.05) is 12.6 Å². The van der Waals surface area contributed by atoms with Gasteiger partial charge in [-0.1, -0.05) is 20.3 Å². The Morgan fingerprint density at radius 2 is 2.31 bits per heavy atom. The Bertz CT molecular complexity index is 136. The van der Waals surface area contributed by atoms with Crippen LogP contribution in [-0.2, 0) is 0 Å². The van der Waals surface area contributed by atoms with Crippen molar-refractivity contribution in [2.45, 2.75) is 39.2 Å². The minimum atomic E-state index is 0.795. The normalized spacial score (nSPS) is 26.5. The van der Waals surface area contributed by atoms with Crippen molar-refractivity contribution in [3.63, 3.8) is 0 Å². The molecule has 0 saturated carbocycles. The first-order valence-corrected chi connectivity index (χ1v) is 5.65. The van der Waals surface area contributed by atoms with Crippen LogP contribution < -0.4 is 5.32 Å². The van der Waals surface area contributed by atoms with Crippen LogP contribution in [0.5, 0.6) is 0 Å². The Morgan fingerprint density at radius 1 is 1.54 bits per heavy atom. The van der Waals surface area contributed by atoms with Gasteiger partial charge in [0.05, 0.1) is 0 Å². The topological polar surface area (TPSA) is 15.3 Å². The standard InChI is InChI=1S/C11H24N2/c1-4-10(2)8-12-9-11-6-5-7-13(11)3/h10-12H,4-9H2,1-3H3. The van der Waals surface area contributed by atoms with Gasteiger partial charge in [-0.3, -0.25) is 0 Å².